The van der Waals surface area contributed by atoms with Gasteiger partial charge in [0.2, 0.25) is 11.8 Å². The van der Waals surface area contributed by atoms with Gasteiger partial charge in [0.15, 0.2) is 11.6 Å². The number of hydrogen-bond donors (Lipinski definition) is 0. The van der Waals surface area contributed by atoms with Gasteiger partial charge < -0.3 is 14.5 Å². The summed E-state index contributed by atoms with van der Waals surface area (Å²) in [6, 6.07) is 18.9. The van der Waals surface area contributed by atoms with Crippen LogP contribution in [0.15, 0.2) is 73.1 Å². The molecule has 0 radical (unpaired) electrons. The van der Waals surface area contributed by atoms with E-state index in [1.165, 1.54) is 11.6 Å². The van der Waals surface area contributed by atoms with Crippen molar-refractivity contribution < 1.29 is 18.7 Å². The largest absolute Gasteiger partial charge is 0.491 e. The van der Waals surface area contributed by atoms with Crippen LogP contribution in [-0.2, 0) is 22.7 Å². The minimum Gasteiger partial charge on any atom is -0.491 e. The molecule has 2 amide bonds. The zero-order valence-electron chi connectivity index (χ0n) is 24.5. The third-order valence-electron chi connectivity index (χ3n) is 8.47. The molecular weight excluding hydrogens is 531 g/mol. The number of pyridine rings is 1. The van der Waals surface area contributed by atoms with Gasteiger partial charge in [0.25, 0.3) is 0 Å². The van der Waals surface area contributed by atoms with Crippen LogP contribution in [0.25, 0.3) is 0 Å². The molecule has 0 saturated carbocycles. The van der Waals surface area contributed by atoms with Crippen molar-refractivity contribution in [3.05, 3.63) is 90.0 Å². The number of anilines is 1. The summed E-state index contributed by atoms with van der Waals surface area (Å²) >= 11 is 0. The Hall–Kier alpha value is -3.78. The van der Waals surface area contributed by atoms with E-state index in [1.807, 2.05) is 53.4 Å². The number of fused-ring (bicyclic) bond motifs is 3. The van der Waals surface area contributed by atoms with Crippen molar-refractivity contribution in [2.24, 2.45) is 0 Å². The number of piperidine rings is 1. The molecule has 222 valence electrons. The van der Waals surface area contributed by atoms with Crippen LogP contribution in [0.5, 0.6) is 5.75 Å². The first kappa shape index (κ1) is 29.7. The van der Waals surface area contributed by atoms with Crippen LogP contribution < -0.4 is 9.64 Å². The van der Waals surface area contributed by atoms with E-state index in [0.29, 0.717) is 44.9 Å². The number of aromatic nitrogens is 1. The summed E-state index contributed by atoms with van der Waals surface area (Å²) in [5, 5.41) is 0. The molecule has 2 unspecified atom stereocenters. The number of para-hydroxylation sites is 2. The van der Waals surface area contributed by atoms with Crippen molar-refractivity contribution in [3.8, 4) is 5.75 Å². The van der Waals surface area contributed by atoms with Crippen LogP contribution in [0, 0.1) is 5.82 Å². The number of carbonyl (C=O) groups is 2. The van der Waals surface area contributed by atoms with Crippen molar-refractivity contribution in [2.45, 2.75) is 77.0 Å². The van der Waals surface area contributed by atoms with Gasteiger partial charge in [0.05, 0.1) is 6.61 Å². The number of halogens is 1. The van der Waals surface area contributed by atoms with Gasteiger partial charge in [0.1, 0.15) is 0 Å². The fourth-order valence-corrected chi connectivity index (χ4v) is 6.28. The zero-order valence-corrected chi connectivity index (χ0v) is 24.5. The quantitative estimate of drug-likeness (QED) is 0.311. The molecule has 2 aliphatic heterocycles. The lowest BCUT2D eigenvalue weighted by Gasteiger charge is -2.44. The second-order valence-corrected chi connectivity index (χ2v) is 11.2. The van der Waals surface area contributed by atoms with Gasteiger partial charge in [-0.1, -0.05) is 43.7 Å². The molecule has 42 heavy (non-hydrogen) atoms. The predicted octanol–water partition coefficient (Wildman–Crippen LogP) is 5.98. The van der Waals surface area contributed by atoms with Crippen LogP contribution in [0.3, 0.4) is 0 Å². The van der Waals surface area contributed by atoms with Gasteiger partial charge >= 0.3 is 0 Å². The number of amides is 2. The highest BCUT2D eigenvalue weighted by atomic mass is 19.1. The van der Waals surface area contributed by atoms with Crippen molar-refractivity contribution in [1.29, 1.82) is 0 Å². The van der Waals surface area contributed by atoms with Crippen molar-refractivity contribution >= 4 is 17.5 Å². The number of carbonyl (C=O) groups excluding carboxylic acids is 2. The van der Waals surface area contributed by atoms with E-state index < -0.39 is 5.82 Å². The average molecular weight is 573 g/mol. The normalized spacial score (nSPS) is 19.5. The predicted molar refractivity (Wildman–Crippen MR) is 161 cm³/mol. The monoisotopic (exact) mass is 572 g/mol. The summed E-state index contributed by atoms with van der Waals surface area (Å²) < 4.78 is 19.6. The third-order valence-corrected chi connectivity index (χ3v) is 8.47. The van der Waals surface area contributed by atoms with E-state index >= 15 is 0 Å². The Kier molecular flexibility index (Phi) is 10.2. The Balaban J connectivity index is 1.40. The highest BCUT2D eigenvalue weighted by Gasteiger charge is 2.34. The second kappa shape index (κ2) is 14.4. The van der Waals surface area contributed by atoms with Crippen LogP contribution in [0.2, 0.25) is 0 Å². The Labute approximate surface area is 248 Å². The van der Waals surface area contributed by atoms with Crippen LogP contribution >= 0.6 is 0 Å². The van der Waals surface area contributed by atoms with E-state index in [1.54, 1.807) is 18.2 Å². The molecular formula is C34H41FN4O3. The maximum absolute atomic E-state index is 14.0. The van der Waals surface area contributed by atoms with Gasteiger partial charge in [-0.05, 0) is 67.1 Å². The highest BCUT2D eigenvalue weighted by molar-refractivity contribution is 5.94. The highest BCUT2D eigenvalue weighted by Crippen LogP contribution is 2.32. The van der Waals surface area contributed by atoms with Gasteiger partial charge in [-0.15, -0.1) is 0 Å². The molecule has 1 saturated heterocycles. The van der Waals surface area contributed by atoms with Crippen molar-refractivity contribution in [3.63, 3.8) is 0 Å². The smallest absolute Gasteiger partial charge is 0.226 e. The summed E-state index contributed by atoms with van der Waals surface area (Å²) in [5.41, 5.74) is 3.07. The van der Waals surface area contributed by atoms with Gasteiger partial charge in [-0.25, -0.2) is 4.39 Å². The van der Waals surface area contributed by atoms with Crippen molar-refractivity contribution in [1.82, 2.24) is 14.8 Å². The number of nitrogens with zero attached hydrogens (tertiary/aromatic N) is 4. The minimum atomic E-state index is -0.403. The minimum absolute atomic E-state index is 0.0422. The average Bonchev–Trinajstić information content (AvgIpc) is 3.02. The first-order valence-corrected chi connectivity index (χ1v) is 15.2. The number of rotatable bonds is 8. The Morgan fingerprint density at radius 3 is 2.52 bits per heavy atom. The van der Waals surface area contributed by atoms with E-state index in [9.17, 15) is 14.0 Å². The SMILES string of the molecule is CCC(=O)N1CCC2CCCC(CN(C(=O)CCCOc3ccccc3F)Cc3ccccc31)N2Cc1ccncc1. The lowest BCUT2D eigenvalue weighted by molar-refractivity contribution is -0.133. The molecule has 0 aliphatic carbocycles. The molecule has 2 aromatic carbocycles. The van der Waals surface area contributed by atoms with Gasteiger partial charge in [0, 0.05) is 69.2 Å². The van der Waals surface area contributed by atoms with Gasteiger partial charge in [-0.2, -0.15) is 0 Å². The molecule has 1 aromatic heterocycles. The maximum atomic E-state index is 14.0. The van der Waals surface area contributed by atoms with E-state index in [-0.39, 0.29) is 30.2 Å². The summed E-state index contributed by atoms with van der Waals surface area (Å²) in [5.74, 6) is -0.0619. The standard InChI is InChI=1S/C34H41FN4O3/c1-2-33(40)38-21-18-28-10-7-11-29(39(28)23-26-16-19-36-20-17-26)25-37(24-27-9-3-5-13-31(27)38)34(41)15-8-22-42-32-14-6-4-12-30(32)35/h3-6,9,12-14,16-17,19-20,28-29H,2,7-8,10-11,15,18,21-25H2,1H3. The third kappa shape index (κ3) is 7.34. The summed E-state index contributed by atoms with van der Waals surface area (Å²) in [6.07, 6.45) is 8.92. The lowest BCUT2D eigenvalue weighted by atomic mass is 9.92. The number of benzene rings is 2. The molecule has 0 N–H and O–H groups in total. The van der Waals surface area contributed by atoms with Crippen LogP contribution in [0.4, 0.5) is 10.1 Å². The fraction of sp³-hybridized carbons (Fsp3) is 0.441. The zero-order chi connectivity index (χ0) is 29.3. The summed E-state index contributed by atoms with van der Waals surface area (Å²) in [4.78, 5) is 37.7. The van der Waals surface area contributed by atoms with E-state index in [4.69, 9.17) is 4.74 Å². The summed E-state index contributed by atoms with van der Waals surface area (Å²) in [7, 11) is 0. The molecule has 2 bridgehead atoms. The van der Waals surface area contributed by atoms with E-state index in [2.05, 4.69) is 22.0 Å². The van der Waals surface area contributed by atoms with Crippen molar-refractivity contribution in [2.75, 3.05) is 24.6 Å². The van der Waals surface area contributed by atoms with Crippen LogP contribution in [-0.4, -0.2) is 58.4 Å². The molecule has 7 nitrogen and oxygen atoms in total. The Morgan fingerprint density at radius 1 is 0.952 bits per heavy atom. The molecule has 2 atom stereocenters. The molecule has 8 heteroatoms. The van der Waals surface area contributed by atoms with Gasteiger partial charge in [-0.3, -0.25) is 19.5 Å². The summed E-state index contributed by atoms with van der Waals surface area (Å²) in [6.45, 7) is 4.64. The topological polar surface area (TPSA) is 66.0 Å². The maximum Gasteiger partial charge on any atom is 0.226 e. The molecule has 5 rings (SSSR count). The first-order chi connectivity index (χ1) is 20.5. The second-order valence-electron chi connectivity index (χ2n) is 11.2. The Morgan fingerprint density at radius 2 is 1.71 bits per heavy atom. The molecule has 0 spiro atoms. The number of hydrogen-bond acceptors (Lipinski definition) is 5. The molecule has 2 aliphatic rings. The van der Waals surface area contributed by atoms with E-state index in [0.717, 1.165) is 43.5 Å². The first-order valence-electron chi connectivity index (χ1n) is 15.2. The molecule has 3 aromatic rings. The molecule has 1 fully saturated rings. The Bertz CT molecular complexity index is 1340. The lowest BCUT2D eigenvalue weighted by Crippen LogP contribution is -2.52. The molecule has 3 heterocycles. The fourth-order valence-electron chi connectivity index (χ4n) is 6.28. The number of ether oxygens (including phenoxy) is 1. The van der Waals surface area contributed by atoms with Crippen LogP contribution in [0.1, 0.15) is 63.0 Å².